The van der Waals surface area contributed by atoms with Gasteiger partial charge in [-0.15, -0.1) is 22.7 Å². The Balaban J connectivity index is 1.04. The van der Waals surface area contributed by atoms with Gasteiger partial charge in [-0.25, -0.2) is 0 Å². The fraction of sp³-hybridized carbons (Fsp3) is 0. The molecule has 0 aliphatic heterocycles. The molecule has 0 radical (unpaired) electrons. The maximum absolute atomic E-state index is 2.44. The molecule has 2 heterocycles. The molecule has 12 aromatic rings. The average Bonchev–Trinajstić information content (AvgIpc) is 3.86. The highest BCUT2D eigenvalue weighted by atomic mass is 32.1. The molecule has 0 bridgehead atoms. The lowest BCUT2D eigenvalue weighted by atomic mass is 9.90. The highest BCUT2D eigenvalue weighted by molar-refractivity contribution is 7.27. The quantitative estimate of drug-likeness (QED) is 0.157. The third kappa shape index (κ3) is 4.77. The van der Waals surface area contributed by atoms with E-state index in [0.717, 1.165) is 0 Å². The largest absolute Gasteiger partial charge is 0.134 e. The highest BCUT2D eigenvalue weighted by Crippen LogP contribution is 2.47. The Morgan fingerprint density at radius 2 is 0.500 bits per heavy atom. The summed E-state index contributed by atoms with van der Waals surface area (Å²) in [5.41, 5.74) is 10.2. The third-order valence-electron chi connectivity index (χ3n) is 11.7. The smallest absolute Gasteiger partial charge is 0.0434 e. The maximum Gasteiger partial charge on any atom is 0.0434 e. The number of hydrogen-bond donors (Lipinski definition) is 0. The summed E-state index contributed by atoms with van der Waals surface area (Å²) in [4.78, 5) is 0. The normalized spacial score (nSPS) is 11.9. The molecule has 0 unspecified atom stereocenters. The number of benzene rings is 10. The summed E-state index contributed by atoms with van der Waals surface area (Å²) in [5, 5.41) is 13.0. The van der Waals surface area contributed by atoms with Gasteiger partial charge in [-0.3, -0.25) is 0 Å². The molecule has 0 nitrogen and oxygen atoms in total. The van der Waals surface area contributed by atoms with E-state index < -0.39 is 0 Å². The molecule has 10 aromatic carbocycles. The maximum atomic E-state index is 2.44. The van der Waals surface area contributed by atoms with Gasteiger partial charge < -0.3 is 0 Å². The van der Waals surface area contributed by atoms with Crippen molar-refractivity contribution in [2.24, 2.45) is 0 Å². The predicted octanol–water partition coefficient (Wildman–Crippen LogP) is 16.5. The zero-order valence-electron chi connectivity index (χ0n) is 30.3. The van der Waals surface area contributed by atoms with Crippen LogP contribution in [0, 0.1) is 0 Å². The van der Waals surface area contributed by atoms with Crippen LogP contribution in [0.3, 0.4) is 0 Å². The van der Waals surface area contributed by atoms with Crippen molar-refractivity contribution >= 4 is 95.3 Å². The number of fused-ring (bicyclic) bond motifs is 12. The van der Waals surface area contributed by atoms with Crippen LogP contribution in [0.4, 0.5) is 0 Å². The van der Waals surface area contributed by atoms with E-state index in [2.05, 4.69) is 194 Å². The third-order valence-corrected chi connectivity index (χ3v) is 14.3. The van der Waals surface area contributed by atoms with Crippen LogP contribution in [0.1, 0.15) is 0 Å². The standard InChI is InChI=1S/C54H32S2/c1-3-13-33(14-4-1)37-19-9-23-45-47-25-11-21-39(53(47)55-51(37)45)35-27-29-43-44-30-28-36(32-50(44)42-18-8-7-17-41(42)49(43)31-35)40-22-12-26-48-46-24-10-20-38(52(46)56-54(40)48)34-15-5-2-6-16-34/h1-32H. The van der Waals surface area contributed by atoms with Crippen molar-refractivity contribution in [3.05, 3.63) is 194 Å². The van der Waals surface area contributed by atoms with Gasteiger partial charge in [0.15, 0.2) is 0 Å². The molecule has 0 N–H and O–H groups in total. The molecule has 2 aromatic heterocycles. The zero-order chi connectivity index (χ0) is 36.7. The second-order valence-corrected chi connectivity index (χ2v) is 16.8. The van der Waals surface area contributed by atoms with E-state index in [4.69, 9.17) is 0 Å². The van der Waals surface area contributed by atoms with Crippen LogP contribution >= 0.6 is 22.7 Å². The van der Waals surface area contributed by atoms with Gasteiger partial charge in [-0.1, -0.05) is 182 Å². The monoisotopic (exact) mass is 744 g/mol. The van der Waals surface area contributed by atoms with Crippen molar-refractivity contribution in [3.8, 4) is 44.5 Å². The van der Waals surface area contributed by atoms with Crippen molar-refractivity contribution in [3.63, 3.8) is 0 Å². The minimum atomic E-state index is 1.25. The van der Waals surface area contributed by atoms with Crippen molar-refractivity contribution in [1.82, 2.24) is 0 Å². The number of hydrogen-bond acceptors (Lipinski definition) is 2. The van der Waals surface area contributed by atoms with Crippen molar-refractivity contribution in [2.45, 2.75) is 0 Å². The topological polar surface area (TPSA) is 0 Å². The zero-order valence-corrected chi connectivity index (χ0v) is 31.9. The van der Waals surface area contributed by atoms with E-state index in [1.54, 1.807) is 0 Å². The summed E-state index contributed by atoms with van der Waals surface area (Å²) in [6.45, 7) is 0. The Kier molecular flexibility index (Phi) is 7.07. The van der Waals surface area contributed by atoms with E-state index in [1.807, 2.05) is 22.7 Å². The van der Waals surface area contributed by atoms with Gasteiger partial charge in [0.25, 0.3) is 0 Å². The Labute approximate surface area is 332 Å². The molecule has 0 amide bonds. The molecule has 2 heteroatoms. The lowest BCUT2D eigenvalue weighted by Crippen LogP contribution is -1.87. The Morgan fingerprint density at radius 3 is 0.875 bits per heavy atom. The van der Waals surface area contributed by atoms with Crippen molar-refractivity contribution < 1.29 is 0 Å². The summed E-state index contributed by atoms with van der Waals surface area (Å²) >= 11 is 3.84. The summed E-state index contributed by atoms with van der Waals surface area (Å²) in [6.07, 6.45) is 0. The van der Waals surface area contributed by atoms with Crippen molar-refractivity contribution in [2.75, 3.05) is 0 Å². The van der Waals surface area contributed by atoms with Gasteiger partial charge in [0.05, 0.1) is 0 Å². The molecule has 260 valence electrons. The Morgan fingerprint density at radius 1 is 0.196 bits per heavy atom. The van der Waals surface area contributed by atoms with Crippen molar-refractivity contribution in [1.29, 1.82) is 0 Å². The molecular weight excluding hydrogens is 713 g/mol. The van der Waals surface area contributed by atoms with E-state index in [-0.39, 0.29) is 0 Å². The van der Waals surface area contributed by atoms with Crippen LogP contribution in [0.2, 0.25) is 0 Å². The summed E-state index contributed by atoms with van der Waals surface area (Å²) in [6, 6.07) is 71.9. The van der Waals surface area contributed by atoms with Gasteiger partial charge in [0, 0.05) is 40.3 Å². The van der Waals surface area contributed by atoms with Crippen LogP contribution in [0.15, 0.2) is 194 Å². The first-order valence-electron chi connectivity index (χ1n) is 19.2. The molecule has 0 atom stereocenters. The molecule has 56 heavy (non-hydrogen) atoms. The Hall–Kier alpha value is -6.58. The SMILES string of the molecule is c1ccc(-c2cccc3c2sc2c(-c4ccc5c6ccc(-c7cccc8c7sc7c(-c9ccccc9)cccc78)cc6c6ccccc6c5c4)cccc23)cc1. The summed E-state index contributed by atoms with van der Waals surface area (Å²) in [7, 11) is 0. The summed E-state index contributed by atoms with van der Waals surface area (Å²) in [5.74, 6) is 0. The number of thiophene rings is 2. The van der Waals surface area contributed by atoms with Crippen LogP contribution < -0.4 is 0 Å². The average molecular weight is 745 g/mol. The van der Waals surface area contributed by atoms with Gasteiger partial charge in [-0.05, 0) is 89.0 Å². The van der Waals surface area contributed by atoms with Crippen LogP contribution in [-0.4, -0.2) is 0 Å². The van der Waals surface area contributed by atoms with Gasteiger partial charge in [0.1, 0.15) is 0 Å². The lowest BCUT2D eigenvalue weighted by molar-refractivity contribution is 1.67. The van der Waals surface area contributed by atoms with Gasteiger partial charge in [0.2, 0.25) is 0 Å². The molecule has 0 fully saturated rings. The highest BCUT2D eigenvalue weighted by Gasteiger charge is 2.18. The molecule has 0 aliphatic rings. The second kappa shape index (κ2) is 12.5. The molecule has 0 saturated heterocycles. The molecule has 12 rings (SSSR count). The van der Waals surface area contributed by atoms with Crippen LogP contribution in [0.5, 0.6) is 0 Å². The first-order valence-corrected chi connectivity index (χ1v) is 20.8. The van der Waals surface area contributed by atoms with Crippen LogP contribution in [0.25, 0.3) is 117 Å². The van der Waals surface area contributed by atoms with E-state index in [1.165, 1.54) is 117 Å². The van der Waals surface area contributed by atoms with E-state index in [9.17, 15) is 0 Å². The Bertz CT molecular complexity index is 3260. The fourth-order valence-corrected chi connectivity index (χ4v) is 11.8. The van der Waals surface area contributed by atoms with E-state index in [0.29, 0.717) is 0 Å². The van der Waals surface area contributed by atoms with Gasteiger partial charge >= 0.3 is 0 Å². The molecule has 0 aliphatic carbocycles. The van der Waals surface area contributed by atoms with Crippen LogP contribution in [-0.2, 0) is 0 Å². The molecule has 0 spiro atoms. The van der Waals surface area contributed by atoms with E-state index >= 15 is 0 Å². The predicted molar refractivity (Wildman–Crippen MR) is 246 cm³/mol. The molecular formula is C54H32S2. The van der Waals surface area contributed by atoms with Gasteiger partial charge in [-0.2, -0.15) is 0 Å². The summed E-state index contributed by atoms with van der Waals surface area (Å²) < 4.78 is 5.37. The fourth-order valence-electron chi connectivity index (χ4n) is 9.08. The first-order chi connectivity index (χ1) is 27.8. The minimum Gasteiger partial charge on any atom is -0.134 e. The molecule has 0 saturated carbocycles. The second-order valence-electron chi connectivity index (χ2n) is 14.7. The number of rotatable bonds is 4. The minimum absolute atomic E-state index is 1.25. The lowest BCUT2D eigenvalue weighted by Gasteiger charge is -2.14. The first kappa shape index (κ1) is 31.7.